The normalized spacial score (nSPS) is 11.2. The highest BCUT2D eigenvalue weighted by Gasteiger charge is 2.35. The second-order valence-electron chi connectivity index (χ2n) is 7.72. The number of alkyl halides is 3. The van der Waals surface area contributed by atoms with Crippen molar-refractivity contribution in [2.24, 2.45) is 0 Å². The number of hydrogen-bond acceptors (Lipinski definition) is 4. The molecule has 4 aromatic rings. The van der Waals surface area contributed by atoms with Gasteiger partial charge < -0.3 is 10.6 Å². The first kappa shape index (κ1) is 23.7. The van der Waals surface area contributed by atoms with Crippen molar-refractivity contribution in [1.82, 2.24) is 9.97 Å². The number of carbonyl (C=O) groups excluding carboxylic acids is 2. The average Bonchev–Trinajstić information content (AvgIpc) is 2.83. The van der Waals surface area contributed by atoms with Crippen molar-refractivity contribution >= 4 is 39.9 Å². The molecule has 2 N–H and O–H groups in total. The lowest BCUT2D eigenvalue weighted by Gasteiger charge is -2.22. The molecule has 0 aliphatic heterocycles. The van der Waals surface area contributed by atoms with E-state index in [9.17, 15) is 22.8 Å². The molecular formula is C25H20F3N5O2. The van der Waals surface area contributed by atoms with Gasteiger partial charge in [-0.1, -0.05) is 30.3 Å². The fourth-order valence-electron chi connectivity index (χ4n) is 3.70. The fraction of sp³-hybridized carbons (Fsp3) is 0.120. The van der Waals surface area contributed by atoms with Crippen LogP contribution in [0.25, 0.3) is 10.9 Å². The zero-order valence-corrected chi connectivity index (χ0v) is 18.7. The van der Waals surface area contributed by atoms with Crippen molar-refractivity contribution in [2.75, 3.05) is 22.6 Å². The van der Waals surface area contributed by atoms with Gasteiger partial charge in [0, 0.05) is 36.7 Å². The van der Waals surface area contributed by atoms with Gasteiger partial charge in [-0.2, -0.15) is 13.2 Å². The summed E-state index contributed by atoms with van der Waals surface area (Å²) in [5.41, 5.74) is 0.664. The minimum atomic E-state index is -4.72. The number of para-hydroxylation sites is 2. The van der Waals surface area contributed by atoms with Gasteiger partial charge in [0.05, 0.1) is 28.0 Å². The Bertz CT molecular complexity index is 1410. The van der Waals surface area contributed by atoms with E-state index >= 15 is 0 Å². The van der Waals surface area contributed by atoms with Crippen LogP contribution < -0.4 is 15.5 Å². The molecule has 178 valence electrons. The first-order valence-electron chi connectivity index (χ1n) is 10.5. The number of aryl methyl sites for hydroxylation is 1. The summed E-state index contributed by atoms with van der Waals surface area (Å²) in [5, 5.41) is 5.85. The number of nitrogens with one attached hydrogen (secondary N) is 2. The number of carbonyl (C=O) groups is 2. The van der Waals surface area contributed by atoms with E-state index in [-0.39, 0.29) is 5.69 Å². The smallest absolute Gasteiger partial charge is 0.320 e. The zero-order chi connectivity index (χ0) is 25.2. The molecule has 0 spiro atoms. The van der Waals surface area contributed by atoms with Gasteiger partial charge in [-0.05, 0) is 36.8 Å². The molecule has 3 amide bonds. The van der Waals surface area contributed by atoms with Crippen molar-refractivity contribution < 1.29 is 22.8 Å². The number of halogens is 3. The van der Waals surface area contributed by atoms with E-state index in [1.165, 1.54) is 17.2 Å². The molecule has 0 aliphatic carbocycles. The van der Waals surface area contributed by atoms with Crippen molar-refractivity contribution in [3.63, 3.8) is 0 Å². The number of rotatable bonds is 4. The van der Waals surface area contributed by atoms with E-state index in [2.05, 4.69) is 20.6 Å². The van der Waals surface area contributed by atoms with E-state index in [1.54, 1.807) is 50.4 Å². The van der Waals surface area contributed by atoms with Gasteiger partial charge in [0.2, 0.25) is 0 Å². The van der Waals surface area contributed by atoms with E-state index < -0.39 is 29.2 Å². The van der Waals surface area contributed by atoms with Gasteiger partial charge in [0.25, 0.3) is 5.91 Å². The number of urea groups is 1. The SMILES string of the molecule is Cc1cnc2c(NC(=O)c3cnccc3C(F)(F)F)cccc2c1N(C)C(=O)Nc1ccccc1. The Morgan fingerprint density at radius 2 is 1.69 bits per heavy atom. The minimum Gasteiger partial charge on any atom is -0.320 e. The van der Waals surface area contributed by atoms with Gasteiger partial charge in [-0.3, -0.25) is 19.7 Å². The third kappa shape index (κ3) is 4.91. The summed E-state index contributed by atoms with van der Waals surface area (Å²) < 4.78 is 40.1. The second-order valence-corrected chi connectivity index (χ2v) is 7.72. The molecule has 7 nitrogen and oxygen atoms in total. The molecule has 0 saturated heterocycles. The fourth-order valence-corrected chi connectivity index (χ4v) is 3.70. The van der Waals surface area contributed by atoms with Crippen LogP contribution in [0.2, 0.25) is 0 Å². The molecule has 0 bridgehead atoms. The lowest BCUT2D eigenvalue weighted by Crippen LogP contribution is -2.32. The van der Waals surface area contributed by atoms with Crippen molar-refractivity contribution in [3.05, 3.63) is 89.9 Å². The molecule has 0 atom stereocenters. The van der Waals surface area contributed by atoms with Gasteiger partial charge in [0.15, 0.2) is 0 Å². The van der Waals surface area contributed by atoms with Crippen LogP contribution in [0, 0.1) is 6.92 Å². The number of fused-ring (bicyclic) bond motifs is 1. The summed E-state index contributed by atoms with van der Waals surface area (Å²) in [6.45, 7) is 1.78. The van der Waals surface area contributed by atoms with Crippen LogP contribution in [0.1, 0.15) is 21.5 Å². The first-order valence-corrected chi connectivity index (χ1v) is 10.5. The quantitative estimate of drug-likeness (QED) is 0.383. The van der Waals surface area contributed by atoms with E-state index in [4.69, 9.17) is 0 Å². The third-order valence-corrected chi connectivity index (χ3v) is 5.34. The largest absolute Gasteiger partial charge is 0.417 e. The summed E-state index contributed by atoms with van der Waals surface area (Å²) >= 11 is 0. The Hall–Kier alpha value is -4.47. The lowest BCUT2D eigenvalue weighted by atomic mass is 10.1. The first-order chi connectivity index (χ1) is 16.7. The monoisotopic (exact) mass is 479 g/mol. The highest BCUT2D eigenvalue weighted by atomic mass is 19.4. The second kappa shape index (κ2) is 9.41. The predicted octanol–water partition coefficient (Wildman–Crippen LogP) is 5.88. The molecule has 0 saturated carbocycles. The predicted molar refractivity (Wildman–Crippen MR) is 128 cm³/mol. The van der Waals surface area contributed by atoms with Crippen LogP contribution in [-0.4, -0.2) is 29.0 Å². The molecule has 4 rings (SSSR count). The molecule has 10 heteroatoms. The third-order valence-electron chi connectivity index (χ3n) is 5.34. The summed E-state index contributed by atoms with van der Waals surface area (Å²) in [6, 6.07) is 14.2. The molecule has 0 fully saturated rings. The van der Waals surface area contributed by atoms with Crippen LogP contribution in [0.15, 0.2) is 73.2 Å². The van der Waals surface area contributed by atoms with Crippen molar-refractivity contribution in [3.8, 4) is 0 Å². The highest BCUT2D eigenvalue weighted by molar-refractivity contribution is 6.13. The Morgan fingerprint density at radius 1 is 0.943 bits per heavy atom. The molecule has 0 radical (unpaired) electrons. The van der Waals surface area contributed by atoms with Crippen LogP contribution in [-0.2, 0) is 6.18 Å². The summed E-state index contributed by atoms with van der Waals surface area (Å²) in [4.78, 5) is 35.1. The standard InChI is InChI=1S/C25H20F3N5O2/c1-15-13-30-21-17(22(15)33(2)24(35)31-16-7-4-3-5-8-16)9-6-10-20(21)32-23(34)18-14-29-12-11-19(18)25(26,27)28/h3-14H,1-2H3,(H,31,35)(H,32,34). The van der Waals surface area contributed by atoms with Gasteiger partial charge in [0.1, 0.15) is 0 Å². The Balaban J connectivity index is 1.69. The minimum absolute atomic E-state index is 0.197. The topological polar surface area (TPSA) is 87.2 Å². The molecule has 35 heavy (non-hydrogen) atoms. The van der Waals surface area contributed by atoms with Crippen LogP contribution in [0.4, 0.5) is 35.0 Å². The molecule has 2 aromatic carbocycles. The highest BCUT2D eigenvalue weighted by Crippen LogP contribution is 2.34. The number of anilines is 3. The Kier molecular flexibility index (Phi) is 6.37. The van der Waals surface area contributed by atoms with Crippen LogP contribution in [0.3, 0.4) is 0 Å². The number of pyridine rings is 2. The van der Waals surface area contributed by atoms with Crippen LogP contribution in [0.5, 0.6) is 0 Å². The Morgan fingerprint density at radius 3 is 2.40 bits per heavy atom. The maximum Gasteiger partial charge on any atom is 0.417 e. The van der Waals surface area contributed by atoms with Gasteiger partial charge in [-0.15, -0.1) is 0 Å². The summed E-state index contributed by atoms with van der Waals surface area (Å²) in [7, 11) is 1.59. The van der Waals surface area contributed by atoms with E-state index in [0.717, 1.165) is 18.5 Å². The maximum atomic E-state index is 13.4. The molecule has 0 unspecified atom stereocenters. The Labute approximate surface area is 198 Å². The molecule has 2 heterocycles. The summed E-state index contributed by atoms with van der Waals surface area (Å²) in [5.74, 6) is -0.975. The molecular weight excluding hydrogens is 459 g/mol. The number of hydrogen-bond donors (Lipinski definition) is 2. The molecule has 2 aromatic heterocycles. The molecule has 0 aliphatic rings. The van der Waals surface area contributed by atoms with Crippen molar-refractivity contribution in [2.45, 2.75) is 13.1 Å². The number of aromatic nitrogens is 2. The van der Waals surface area contributed by atoms with Gasteiger partial charge >= 0.3 is 12.2 Å². The van der Waals surface area contributed by atoms with E-state index in [1.807, 2.05) is 6.07 Å². The van der Waals surface area contributed by atoms with Crippen LogP contribution >= 0.6 is 0 Å². The summed E-state index contributed by atoms with van der Waals surface area (Å²) in [6.07, 6.45) is -1.34. The number of amides is 3. The van der Waals surface area contributed by atoms with E-state index in [0.29, 0.717) is 27.8 Å². The average molecular weight is 479 g/mol. The zero-order valence-electron chi connectivity index (χ0n) is 18.7. The number of benzene rings is 2. The maximum absolute atomic E-state index is 13.4. The van der Waals surface area contributed by atoms with Crippen molar-refractivity contribution in [1.29, 1.82) is 0 Å². The van der Waals surface area contributed by atoms with Gasteiger partial charge in [-0.25, -0.2) is 4.79 Å². The lowest BCUT2D eigenvalue weighted by molar-refractivity contribution is -0.138. The number of nitrogens with zero attached hydrogens (tertiary/aromatic N) is 3.